The molecule has 1 aromatic rings. The van der Waals surface area contributed by atoms with E-state index < -0.39 is 22.1 Å². The molecule has 1 aliphatic heterocycles. The van der Waals surface area contributed by atoms with Gasteiger partial charge in [-0.3, -0.25) is 0 Å². The highest BCUT2D eigenvalue weighted by Gasteiger charge is 2.34. The molecule has 7 nitrogen and oxygen atoms in total. The molecule has 0 N–H and O–H groups in total. The summed E-state index contributed by atoms with van der Waals surface area (Å²) >= 11 is 0. The zero-order valence-electron chi connectivity index (χ0n) is 10.8. The summed E-state index contributed by atoms with van der Waals surface area (Å²) in [5.74, 6) is -0.562. The second kappa shape index (κ2) is 5.32. The van der Waals surface area contributed by atoms with Crippen molar-refractivity contribution < 1.29 is 22.7 Å². The number of rotatable bonds is 3. The molecular weight excluding hydrogens is 272 g/mol. The van der Waals surface area contributed by atoms with Crippen LogP contribution in [0.3, 0.4) is 0 Å². The molecule has 2 heterocycles. The van der Waals surface area contributed by atoms with Gasteiger partial charge >= 0.3 is 5.97 Å². The monoisotopic (exact) mass is 288 g/mol. The van der Waals surface area contributed by atoms with E-state index in [0.29, 0.717) is 0 Å². The van der Waals surface area contributed by atoms with Crippen LogP contribution in [0.2, 0.25) is 0 Å². The predicted octanol–water partition coefficient (Wildman–Crippen LogP) is -0.412. The molecule has 0 bridgehead atoms. The normalized spacial score (nSPS) is 21.3. The van der Waals surface area contributed by atoms with Crippen LogP contribution in [0, 0.1) is 0 Å². The summed E-state index contributed by atoms with van der Waals surface area (Å²) in [6.07, 6.45) is 2.32. The van der Waals surface area contributed by atoms with Crippen LogP contribution in [0.1, 0.15) is 0 Å². The zero-order chi connectivity index (χ0) is 14.0. The number of nitrogens with zero attached hydrogens (tertiary/aromatic N) is 2. The van der Waals surface area contributed by atoms with Crippen LogP contribution < -0.4 is 0 Å². The van der Waals surface area contributed by atoms with Gasteiger partial charge in [-0.05, 0) is 6.07 Å². The van der Waals surface area contributed by atoms with E-state index in [1.54, 1.807) is 17.8 Å². The van der Waals surface area contributed by atoms with Gasteiger partial charge in [-0.2, -0.15) is 4.31 Å². The molecule has 1 atom stereocenters. The van der Waals surface area contributed by atoms with Crippen molar-refractivity contribution >= 4 is 16.0 Å². The third kappa shape index (κ3) is 2.80. The van der Waals surface area contributed by atoms with Crippen LogP contribution >= 0.6 is 0 Å². The molecule has 8 heteroatoms. The van der Waals surface area contributed by atoms with Crippen molar-refractivity contribution in [2.24, 2.45) is 7.05 Å². The van der Waals surface area contributed by atoms with E-state index in [9.17, 15) is 13.2 Å². The highest BCUT2D eigenvalue weighted by molar-refractivity contribution is 7.89. The maximum atomic E-state index is 12.4. The quantitative estimate of drug-likeness (QED) is 0.706. The molecule has 0 amide bonds. The Balaban J connectivity index is 2.19. The minimum atomic E-state index is -3.59. The lowest BCUT2D eigenvalue weighted by Gasteiger charge is -2.30. The van der Waals surface area contributed by atoms with Crippen molar-refractivity contribution in [1.29, 1.82) is 0 Å². The van der Waals surface area contributed by atoms with E-state index in [0.717, 1.165) is 0 Å². The van der Waals surface area contributed by atoms with Crippen LogP contribution in [0.15, 0.2) is 23.4 Å². The molecule has 0 saturated carbocycles. The Morgan fingerprint density at radius 3 is 2.84 bits per heavy atom. The van der Waals surface area contributed by atoms with Crippen LogP contribution in [-0.4, -0.2) is 56.2 Å². The smallest absolute Gasteiger partial charge is 0.336 e. The number of hydrogen-bond acceptors (Lipinski definition) is 5. The molecule has 1 unspecified atom stereocenters. The Hall–Kier alpha value is -1.38. The number of aryl methyl sites for hydroxylation is 1. The lowest BCUT2D eigenvalue weighted by Crippen LogP contribution is -2.48. The van der Waals surface area contributed by atoms with Gasteiger partial charge in [-0.25, -0.2) is 13.2 Å². The zero-order valence-corrected chi connectivity index (χ0v) is 11.6. The van der Waals surface area contributed by atoms with Crippen LogP contribution in [0.5, 0.6) is 0 Å². The molecular formula is C11H16N2O5S. The van der Waals surface area contributed by atoms with E-state index in [4.69, 9.17) is 4.74 Å². The Kier molecular flexibility index (Phi) is 3.93. The first-order chi connectivity index (χ1) is 8.95. The number of esters is 1. The van der Waals surface area contributed by atoms with Gasteiger partial charge in [0, 0.05) is 26.0 Å². The van der Waals surface area contributed by atoms with Crippen molar-refractivity contribution in [3.05, 3.63) is 18.5 Å². The minimum Gasteiger partial charge on any atom is -0.467 e. The van der Waals surface area contributed by atoms with Gasteiger partial charge < -0.3 is 14.0 Å². The SMILES string of the molecule is COC(=O)C1CN(S(=O)(=O)c2ccn(C)c2)CCO1. The third-order valence-corrected chi connectivity index (χ3v) is 4.78. The summed E-state index contributed by atoms with van der Waals surface area (Å²) in [5, 5.41) is 0. The first kappa shape index (κ1) is 14.0. The molecule has 0 spiro atoms. The molecule has 1 aliphatic rings. The lowest BCUT2D eigenvalue weighted by molar-refractivity contribution is -0.157. The fraction of sp³-hybridized carbons (Fsp3) is 0.545. The van der Waals surface area contributed by atoms with Crippen molar-refractivity contribution in [2.75, 3.05) is 26.8 Å². The molecule has 19 heavy (non-hydrogen) atoms. The van der Waals surface area contributed by atoms with E-state index in [1.807, 2.05) is 0 Å². The molecule has 2 rings (SSSR count). The summed E-state index contributed by atoms with van der Waals surface area (Å²) in [6, 6.07) is 1.53. The average molecular weight is 288 g/mol. The van der Waals surface area contributed by atoms with Gasteiger partial charge in [-0.15, -0.1) is 0 Å². The van der Waals surface area contributed by atoms with E-state index in [-0.39, 0.29) is 24.6 Å². The van der Waals surface area contributed by atoms with Gasteiger partial charge in [-0.1, -0.05) is 0 Å². The third-order valence-electron chi connectivity index (χ3n) is 2.94. The van der Waals surface area contributed by atoms with Crippen molar-refractivity contribution in [1.82, 2.24) is 8.87 Å². The second-order valence-electron chi connectivity index (χ2n) is 4.26. The van der Waals surface area contributed by atoms with Gasteiger partial charge in [0.1, 0.15) is 0 Å². The highest BCUT2D eigenvalue weighted by Crippen LogP contribution is 2.19. The average Bonchev–Trinajstić information content (AvgIpc) is 2.85. The number of carbonyl (C=O) groups excluding carboxylic acids is 1. The van der Waals surface area contributed by atoms with Crippen LogP contribution in [-0.2, 0) is 31.3 Å². The Labute approximate surface area is 111 Å². The van der Waals surface area contributed by atoms with E-state index in [1.165, 1.54) is 23.7 Å². The first-order valence-electron chi connectivity index (χ1n) is 5.76. The topological polar surface area (TPSA) is 77.8 Å². The summed E-state index contributed by atoms with van der Waals surface area (Å²) in [7, 11) is -0.599. The van der Waals surface area contributed by atoms with E-state index >= 15 is 0 Å². The molecule has 1 fully saturated rings. The maximum Gasteiger partial charge on any atom is 0.336 e. The fourth-order valence-corrected chi connectivity index (χ4v) is 3.37. The number of methoxy groups -OCH3 is 1. The summed E-state index contributed by atoms with van der Waals surface area (Å²) in [5.41, 5.74) is 0. The minimum absolute atomic E-state index is 0.0239. The standard InChI is InChI=1S/C11H16N2O5S/c1-12-4-3-9(7-12)19(15,16)13-5-6-18-10(8-13)11(14)17-2/h3-4,7,10H,5-6,8H2,1-2H3. The van der Waals surface area contributed by atoms with Crippen molar-refractivity contribution in [3.8, 4) is 0 Å². The highest BCUT2D eigenvalue weighted by atomic mass is 32.2. The lowest BCUT2D eigenvalue weighted by atomic mass is 10.3. The maximum absolute atomic E-state index is 12.4. The van der Waals surface area contributed by atoms with Gasteiger partial charge in [0.05, 0.1) is 25.2 Å². The van der Waals surface area contributed by atoms with Gasteiger partial charge in [0.25, 0.3) is 0 Å². The number of hydrogen-bond donors (Lipinski definition) is 0. The predicted molar refractivity (Wildman–Crippen MR) is 65.9 cm³/mol. The van der Waals surface area contributed by atoms with Crippen LogP contribution in [0.25, 0.3) is 0 Å². The summed E-state index contributed by atoms with van der Waals surface area (Å²) in [6.45, 7) is 0.375. The van der Waals surface area contributed by atoms with Gasteiger partial charge in [0.2, 0.25) is 10.0 Å². The number of aromatic nitrogens is 1. The number of morpholine rings is 1. The number of sulfonamides is 1. The van der Waals surface area contributed by atoms with Gasteiger partial charge in [0.15, 0.2) is 6.10 Å². The van der Waals surface area contributed by atoms with Crippen LogP contribution in [0.4, 0.5) is 0 Å². The fourth-order valence-electron chi connectivity index (χ4n) is 1.90. The molecule has 0 aromatic carbocycles. The number of ether oxygens (including phenoxy) is 2. The second-order valence-corrected chi connectivity index (χ2v) is 6.20. The summed E-state index contributed by atoms with van der Waals surface area (Å²) in [4.78, 5) is 11.6. The van der Waals surface area contributed by atoms with E-state index in [2.05, 4.69) is 4.74 Å². The van der Waals surface area contributed by atoms with Crippen molar-refractivity contribution in [2.45, 2.75) is 11.0 Å². The first-order valence-corrected chi connectivity index (χ1v) is 7.20. The Morgan fingerprint density at radius 1 is 1.53 bits per heavy atom. The Morgan fingerprint density at radius 2 is 2.26 bits per heavy atom. The molecule has 1 aromatic heterocycles. The number of carbonyl (C=O) groups is 1. The molecule has 0 aliphatic carbocycles. The summed E-state index contributed by atoms with van der Waals surface area (Å²) < 4.78 is 37.4. The molecule has 0 radical (unpaired) electrons. The largest absolute Gasteiger partial charge is 0.467 e. The molecule has 1 saturated heterocycles. The molecule has 106 valence electrons. The van der Waals surface area contributed by atoms with Crippen molar-refractivity contribution in [3.63, 3.8) is 0 Å². The Bertz CT molecular complexity index is 565.